The van der Waals surface area contributed by atoms with Gasteiger partial charge in [0.2, 0.25) is 0 Å². The van der Waals surface area contributed by atoms with Crippen LogP contribution in [-0.4, -0.2) is 31.0 Å². The molecule has 15 rings (SSSR count). The highest BCUT2D eigenvalue weighted by atomic mass is 28.3. The van der Waals surface area contributed by atoms with E-state index in [1.807, 2.05) is 6.20 Å². The van der Waals surface area contributed by atoms with Crippen molar-refractivity contribution >= 4 is 120 Å². The summed E-state index contributed by atoms with van der Waals surface area (Å²) in [7, 11) is -2.06. The molecule has 4 aliphatic heterocycles. The smallest absolute Gasteiger partial charge is 0.252 e. The Morgan fingerprint density at radius 3 is 1.83 bits per heavy atom. The van der Waals surface area contributed by atoms with Gasteiger partial charge in [-0.2, -0.15) is 0 Å². The molecule has 0 saturated carbocycles. The molecule has 0 atom stereocenters. The van der Waals surface area contributed by atoms with E-state index in [0.717, 1.165) is 62.9 Å². The average molecular weight is 929 g/mol. The van der Waals surface area contributed by atoms with Gasteiger partial charge in [-0.1, -0.05) is 128 Å². The van der Waals surface area contributed by atoms with Crippen molar-refractivity contribution in [2.45, 2.75) is 13.1 Å². The Morgan fingerprint density at radius 1 is 0.465 bits per heavy atom. The van der Waals surface area contributed by atoms with Crippen molar-refractivity contribution in [2.24, 2.45) is 0 Å². The van der Waals surface area contributed by atoms with Gasteiger partial charge in [-0.25, -0.2) is 4.98 Å². The largest absolute Gasteiger partial charge is 0.457 e. The molecule has 6 heterocycles. The van der Waals surface area contributed by atoms with Gasteiger partial charge in [0.05, 0.1) is 28.3 Å². The Bertz CT molecular complexity index is 3960. The van der Waals surface area contributed by atoms with Gasteiger partial charge in [0.1, 0.15) is 31.9 Å². The molecular formula is C62H45BN6OSi. The van der Waals surface area contributed by atoms with Gasteiger partial charge in [0, 0.05) is 68.9 Å². The van der Waals surface area contributed by atoms with Crippen LogP contribution in [0.25, 0.3) is 27.6 Å². The van der Waals surface area contributed by atoms with Crippen molar-refractivity contribution in [1.82, 2.24) is 9.55 Å². The average Bonchev–Trinajstić information content (AvgIpc) is 3.98. The predicted octanol–water partition coefficient (Wildman–Crippen LogP) is 12.4. The second kappa shape index (κ2) is 15.1. The number of hydrogen-bond acceptors (Lipinski definition) is 6. The van der Waals surface area contributed by atoms with Crippen LogP contribution in [0.1, 0.15) is 0 Å². The Labute approximate surface area is 413 Å². The minimum absolute atomic E-state index is 0.00424. The molecule has 0 spiro atoms. The summed E-state index contributed by atoms with van der Waals surface area (Å²) in [6.45, 7) is 5.69. The molecule has 0 amide bonds. The van der Waals surface area contributed by atoms with Crippen molar-refractivity contribution < 1.29 is 4.74 Å². The van der Waals surface area contributed by atoms with E-state index in [0.29, 0.717) is 0 Å². The van der Waals surface area contributed by atoms with Gasteiger partial charge in [0.15, 0.2) is 0 Å². The predicted molar refractivity (Wildman–Crippen MR) is 298 cm³/mol. The molecule has 336 valence electrons. The van der Waals surface area contributed by atoms with Crippen LogP contribution in [0.4, 0.5) is 56.9 Å². The lowest BCUT2D eigenvalue weighted by atomic mass is 9.33. The third-order valence-corrected chi connectivity index (χ3v) is 18.9. The molecule has 0 radical (unpaired) electrons. The van der Waals surface area contributed by atoms with E-state index in [-0.39, 0.29) is 6.71 Å². The number of ether oxygens (including phenoxy) is 1. The number of fused-ring (bicyclic) bond motifs is 10. The van der Waals surface area contributed by atoms with Crippen molar-refractivity contribution in [3.05, 3.63) is 225 Å². The first kappa shape index (κ1) is 40.1. The maximum Gasteiger partial charge on any atom is 0.252 e. The molecule has 0 bridgehead atoms. The summed E-state index contributed by atoms with van der Waals surface area (Å²) in [6, 6.07) is 79.3. The van der Waals surface area contributed by atoms with E-state index in [2.05, 4.69) is 256 Å². The number of hydrogen-bond donors (Lipinski definition) is 0. The Kier molecular flexibility index (Phi) is 8.54. The Hall–Kier alpha value is -8.79. The summed E-state index contributed by atoms with van der Waals surface area (Å²) in [6.07, 6.45) is 1.92. The monoisotopic (exact) mass is 928 g/mol. The lowest BCUT2D eigenvalue weighted by molar-refractivity contribution is 0.482. The summed E-state index contributed by atoms with van der Waals surface area (Å²) in [5.41, 5.74) is 18.7. The second-order valence-electron chi connectivity index (χ2n) is 19.6. The summed E-state index contributed by atoms with van der Waals surface area (Å²) in [4.78, 5) is 15.1. The van der Waals surface area contributed by atoms with Crippen molar-refractivity contribution in [3.8, 4) is 17.2 Å². The summed E-state index contributed by atoms with van der Waals surface area (Å²) >= 11 is 0. The molecule has 0 N–H and O–H groups in total. The van der Waals surface area contributed by atoms with Crippen LogP contribution in [0.2, 0.25) is 13.1 Å². The molecule has 0 aliphatic carbocycles. The molecule has 7 nitrogen and oxygen atoms in total. The fourth-order valence-electron chi connectivity index (χ4n) is 12.4. The van der Waals surface area contributed by atoms with Crippen molar-refractivity contribution in [1.29, 1.82) is 0 Å². The van der Waals surface area contributed by atoms with Gasteiger partial charge >= 0.3 is 0 Å². The third kappa shape index (κ3) is 5.75. The highest BCUT2D eigenvalue weighted by Gasteiger charge is 2.46. The number of benzene rings is 9. The first-order valence-corrected chi connectivity index (χ1v) is 27.5. The Morgan fingerprint density at radius 2 is 1.08 bits per heavy atom. The Balaban J connectivity index is 0.923. The number of anilines is 10. The van der Waals surface area contributed by atoms with Crippen molar-refractivity contribution in [2.75, 3.05) is 26.3 Å². The highest BCUT2D eigenvalue weighted by molar-refractivity contribution is 7.03. The fourth-order valence-corrected chi connectivity index (χ4v) is 15.4. The van der Waals surface area contributed by atoms with E-state index >= 15 is 0 Å². The topological polar surface area (TPSA) is 40.0 Å². The van der Waals surface area contributed by atoms with Gasteiger partial charge in [0.25, 0.3) is 6.71 Å². The number of pyridine rings is 1. The molecule has 11 aromatic rings. The zero-order valence-electron chi connectivity index (χ0n) is 39.2. The molecule has 0 unspecified atom stereocenters. The molecule has 0 saturated heterocycles. The molecule has 9 heteroatoms. The van der Waals surface area contributed by atoms with E-state index < -0.39 is 8.07 Å². The SMILES string of the molecule is C[Si]1(C)c2ccc(Oc3cccc(-n4c5cc6c7c(c5c5cccnc54)N(c4ccccc4)c4ccccc4B7c4ccccc4N6c4ccccc4)c3)cc2N2CN(c3ccccc3)c3cccc1c32. The van der Waals surface area contributed by atoms with Gasteiger partial charge in [-0.3, -0.25) is 4.57 Å². The minimum Gasteiger partial charge on any atom is -0.457 e. The van der Waals surface area contributed by atoms with Crippen LogP contribution in [0.5, 0.6) is 11.5 Å². The second-order valence-corrected chi connectivity index (χ2v) is 23.9. The first-order chi connectivity index (χ1) is 35.0. The maximum atomic E-state index is 7.00. The quantitative estimate of drug-likeness (QED) is 0.155. The zero-order chi connectivity index (χ0) is 47.0. The highest BCUT2D eigenvalue weighted by Crippen LogP contribution is 2.51. The molecule has 0 fully saturated rings. The number of para-hydroxylation sites is 6. The first-order valence-electron chi connectivity index (χ1n) is 24.5. The molecule has 2 aromatic heterocycles. The van der Waals surface area contributed by atoms with E-state index in [9.17, 15) is 0 Å². The minimum atomic E-state index is -2.06. The summed E-state index contributed by atoms with van der Waals surface area (Å²) < 4.78 is 9.34. The zero-order valence-corrected chi connectivity index (χ0v) is 40.2. The van der Waals surface area contributed by atoms with Gasteiger partial charge in [-0.05, 0) is 118 Å². The normalized spacial score (nSPS) is 14.5. The number of aromatic nitrogens is 2. The van der Waals surface area contributed by atoms with Gasteiger partial charge < -0.3 is 24.3 Å². The number of nitrogens with zero attached hydrogens (tertiary/aromatic N) is 6. The summed E-state index contributed by atoms with van der Waals surface area (Å²) in [5.74, 6) is 1.57. The molecule has 4 aliphatic rings. The lowest BCUT2D eigenvalue weighted by Crippen LogP contribution is -2.61. The van der Waals surface area contributed by atoms with Crippen LogP contribution in [0.15, 0.2) is 225 Å². The lowest BCUT2D eigenvalue weighted by Gasteiger charge is -2.44. The van der Waals surface area contributed by atoms with Crippen molar-refractivity contribution in [3.63, 3.8) is 0 Å². The van der Waals surface area contributed by atoms with Crippen LogP contribution in [-0.2, 0) is 0 Å². The van der Waals surface area contributed by atoms with E-state index in [1.54, 1.807) is 0 Å². The van der Waals surface area contributed by atoms with E-state index in [4.69, 9.17) is 9.72 Å². The molecular weight excluding hydrogens is 884 g/mol. The number of rotatable bonds is 6. The standard InChI is InChI=1S/C62H45BN6OSi/c1-71(2)56-35-34-46(38-53(56)66-40-65(41-19-6-3-7-20-41)52-32-17-33-57(71)60(52)66)70-45-26-16-25-44(37-45)69-54-39-55-59-61(58(54)47-27-18-36-64-62(47)69)68(43-23-10-5-11-24-43)51-31-15-13-29-49(51)63(59)48-28-12-14-30-50(48)67(55)42-21-8-4-9-22-42/h3-39H,40H2,1-2H3. The maximum absolute atomic E-state index is 7.00. The van der Waals surface area contributed by atoms with Crippen LogP contribution in [0.3, 0.4) is 0 Å². The van der Waals surface area contributed by atoms with E-state index in [1.165, 1.54) is 66.6 Å². The van der Waals surface area contributed by atoms with Crippen LogP contribution >= 0.6 is 0 Å². The fraction of sp³-hybridized carbons (Fsp3) is 0.0484. The van der Waals surface area contributed by atoms with Crippen LogP contribution in [0, 0.1) is 0 Å². The van der Waals surface area contributed by atoms with Gasteiger partial charge in [-0.15, -0.1) is 0 Å². The van der Waals surface area contributed by atoms with Crippen LogP contribution < -0.4 is 51.1 Å². The third-order valence-electron chi connectivity index (χ3n) is 15.4. The molecule has 9 aromatic carbocycles. The summed E-state index contributed by atoms with van der Waals surface area (Å²) in [5, 5.41) is 5.14. The molecule has 71 heavy (non-hydrogen) atoms.